The third kappa shape index (κ3) is 7.23. The average Bonchev–Trinajstić information content (AvgIpc) is 2.89. The molecule has 0 radical (unpaired) electrons. The van der Waals surface area contributed by atoms with Crippen LogP contribution in [0.4, 0.5) is 5.69 Å². The standard InChI is InChI=1S/C29H34BrN3O4S/c1-5-17-31-29(35)23(4)32(19-24-10-8-11-25(30)18-24)28(34)20-33(27-12-7-6-9-22(27)3)38(36,37)26-15-13-21(2)14-16-26/h6-16,18,23H,5,17,19-20H2,1-4H3,(H,31,35)/t23-/m1/s1. The molecule has 0 heterocycles. The number of hydrogen-bond donors (Lipinski definition) is 1. The summed E-state index contributed by atoms with van der Waals surface area (Å²) >= 11 is 3.45. The van der Waals surface area contributed by atoms with Crippen molar-refractivity contribution in [3.63, 3.8) is 0 Å². The molecule has 38 heavy (non-hydrogen) atoms. The van der Waals surface area contributed by atoms with Gasteiger partial charge in [0.2, 0.25) is 11.8 Å². The Morgan fingerprint density at radius 2 is 1.66 bits per heavy atom. The van der Waals surface area contributed by atoms with E-state index in [0.717, 1.165) is 26.3 Å². The monoisotopic (exact) mass is 599 g/mol. The van der Waals surface area contributed by atoms with Crippen LogP contribution in [0.2, 0.25) is 0 Å². The van der Waals surface area contributed by atoms with Crippen LogP contribution in [-0.2, 0) is 26.2 Å². The maximum absolute atomic E-state index is 13.9. The lowest BCUT2D eigenvalue weighted by molar-refractivity contribution is -0.139. The molecule has 9 heteroatoms. The largest absolute Gasteiger partial charge is 0.354 e. The van der Waals surface area contributed by atoms with Crippen molar-refractivity contribution in [1.82, 2.24) is 10.2 Å². The fourth-order valence-electron chi connectivity index (χ4n) is 4.00. The van der Waals surface area contributed by atoms with E-state index in [2.05, 4.69) is 21.2 Å². The van der Waals surface area contributed by atoms with E-state index in [4.69, 9.17) is 0 Å². The van der Waals surface area contributed by atoms with Gasteiger partial charge in [0.1, 0.15) is 12.6 Å². The van der Waals surface area contributed by atoms with Crippen molar-refractivity contribution in [3.05, 3.63) is 94.0 Å². The molecule has 0 aromatic heterocycles. The number of carbonyl (C=O) groups is 2. The highest BCUT2D eigenvalue weighted by Crippen LogP contribution is 2.27. The fourth-order valence-corrected chi connectivity index (χ4v) is 5.93. The summed E-state index contributed by atoms with van der Waals surface area (Å²) in [4.78, 5) is 28.3. The van der Waals surface area contributed by atoms with Gasteiger partial charge in [-0.3, -0.25) is 13.9 Å². The molecule has 0 bridgehead atoms. The van der Waals surface area contributed by atoms with Gasteiger partial charge in [0.25, 0.3) is 10.0 Å². The van der Waals surface area contributed by atoms with Gasteiger partial charge in [0, 0.05) is 17.6 Å². The van der Waals surface area contributed by atoms with Crippen molar-refractivity contribution < 1.29 is 18.0 Å². The second-order valence-electron chi connectivity index (χ2n) is 9.23. The topological polar surface area (TPSA) is 86.8 Å². The van der Waals surface area contributed by atoms with Crippen LogP contribution >= 0.6 is 15.9 Å². The van der Waals surface area contributed by atoms with E-state index in [9.17, 15) is 18.0 Å². The number of rotatable bonds is 11. The molecule has 0 aliphatic carbocycles. The van der Waals surface area contributed by atoms with Gasteiger partial charge in [0.05, 0.1) is 10.6 Å². The minimum Gasteiger partial charge on any atom is -0.354 e. The molecule has 0 aliphatic heterocycles. The summed E-state index contributed by atoms with van der Waals surface area (Å²) in [5.74, 6) is -0.776. The van der Waals surface area contributed by atoms with Gasteiger partial charge >= 0.3 is 0 Å². The Bertz CT molecular complexity index is 1380. The SMILES string of the molecule is CCCNC(=O)[C@@H](C)N(Cc1cccc(Br)c1)C(=O)CN(c1ccccc1C)S(=O)(=O)c1ccc(C)cc1. The van der Waals surface area contributed by atoms with Crippen LogP contribution in [0.25, 0.3) is 0 Å². The Hall–Kier alpha value is -3.17. The van der Waals surface area contributed by atoms with E-state index in [0.29, 0.717) is 17.8 Å². The Labute approximate surface area is 234 Å². The van der Waals surface area contributed by atoms with Crippen molar-refractivity contribution in [2.45, 2.75) is 51.6 Å². The van der Waals surface area contributed by atoms with E-state index >= 15 is 0 Å². The minimum atomic E-state index is -4.08. The predicted molar refractivity (Wildman–Crippen MR) is 154 cm³/mol. The molecule has 1 N–H and O–H groups in total. The number of para-hydroxylation sites is 1. The lowest BCUT2D eigenvalue weighted by Crippen LogP contribution is -2.51. The van der Waals surface area contributed by atoms with Gasteiger partial charge in [-0.25, -0.2) is 8.42 Å². The predicted octanol–water partition coefficient (Wildman–Crippen LogP) is 5.20. The third-order valence-corrected chi connectivity index (χ3v) is 8.50. The van der Waals surface area contributed by atoms with Gasteiger partial charge in [0.15, 0.2) is 0 Å². The van der Waals surface area contributed by atoms with Crippen LogP contribution in [0.5, 0.6) is 0 Å². The molecule has 7 nitrogen and oxygen atoms in total. The summed E-state index contributed by atoms with van der Waals surface area (Å²) in [6.07, 6.45) is 0.758. The molecule has 0 unspecified atom stereocenters. The highest BCUT2D eigenvalue weighted by molar-refractivity contribution is 9.10. The number of halogens is 1. The van der Waals surface area contributed by atoms with Crippen LogP contribution in [0.1, 0.15) is 37.0 Å². The smallest absolute Gasteiger partial charge is 0.264 e. The molecular weight excluding hydrogens is 566 g/mol. The van der Waals surface area contributed by atoms with Crippen molar-refractivity contribution in [1.29, 1.82) is 0 Å². The van der Waals surface area contributed by atoms with Crippen LogP contribution < -0.4 is 9.62 Å². The van der Waals surface area contributed by atoms with Crippen LogP contribution in [0, 0.1) is 13.8 Å². The molecule has 1 atom stereocenters. The Morgan fingerprint density at radius 1 is 0.974 bits per heavy atom. The molecule has 0 fully saturated rings. The van der Waals surface area contributed by atoms with Crippen molar-refractivity contribution in [2.24, 2.45) is 0 Å². The lowest BCUT2D eigenvalue weighted by atomic mass is 10.1. The van der Waals surface area contributed by atoms with E-state index < -0.39 is 28.5 Å². The first-order valence-corrected chi connectivity index (χ1v) is 14.7. The summed E-state index contributed by atoms with van der Waals surface area (Å²) in [6.45, 7) is 7.46. The van der Waals surface area contributed by atoms with Gasteiger partial charge in [-0.05, 0) is 68.7 Å². The molecule has 0 saturated heterocycles. The molecule has 3 rings (SSSR count). The highest BCUT2D eigenvalue weighted by Gasteiger charge is 2.33. The molecule has 0 aliphatic rings. The normalized spacial score (nSPS) is 12.0. The number of sulfonamides is 1. The van der Waals surface area contributed by atoms with Gasteiger partial charge < -0.3 is 10.2 Å². The Balaban J connectivity index is 2.03. The number of nitrogens with one attached hydrogen (secondary N) is 1. The number of nitrogens with zero attached hydrogens (tertiary/aromatic N) is 2. The molecule has 3 aromatic rings. The Morgan fingerprint density at radius 3 is 2.29 bits per heavy atom. The highest BCUT2D eigenvalue weighted by atomic mass is 79.9. The zero-order valence-electron chi connectivity index (χ0n) is 22.1. The van der Waals surface area contributed by atoms with E-state index in [-0.39, 0.29) is 17.3 Å². The van der Waals surface area contributed by atoms with Gasteiger partial charge in [-0.2, -0.15) is 0 Å². The molecule has 0 spiro atoms. The summed E-state index contributed by atoms with van der Waals surface area (Å²) in [7, 11) is -4.08. The maximum atomic E-state index is 13.9. The number of hydrogen-bond acceptors (Lipinski definition) is 4. The van der Waals surface area contributed by atoms with Crippen LogP contribution in [0.15, 0.2) is 82.2 Å². The van der Waals surface area contributed by atoms with Crippen molar-refractivity contribution in [3.8, 4) is 0 Å². The van der Waals surface area contributed by atoms with E-state index in [1.165, 1.54) is 4.90 Å². The fraction of sp³-hybridized carbons (Fsp3) is 0.310. The number of aryl methyl sites for hydroxylation is 2. The average molecular weight is 601 g/mol. The van der Waals surface area contributed by atoms with Gasteiger partial charge in [-0.15, -0.1) is 0 Å². The number of carbonyl (C=O) groups excluding carboxylic acids is 2. The third-order valence-electron chi connectivity index (χ3n) is 6.23. The first-order chi connectivity index (χ1) is 18.0. The molecule has 3 aromatic carbocycles. The van der Waals surface area contributed by atoms with Crippen molar-refractivity contribution >= 4 is 43.5 Å². The second kappa shape index (κ2) is 13.1. The number of amides is 2. The quantitative estimate of drug-likeness (QED) is 0.328. The second-order valence-corrected chi connectivity index (χ2v) is 12.0. The number of anilines is 1. The summed E-state index contributed by atoms with van der Waals surface area (Å²) in [6, 6.07) is 20.2. The van der Waals surface area contributed by atoms with Crippen LogP contribution in [0.3, 0.4) is 0 Å². The first-order valence-electron chi connectivity index (χ1n) is 12.5. The van der Waals surface area contributed by atoms with E-state index in [1.54, 1.807) is 56.3 Å². The van der Waals surface area contributed by atoms with Crippen LogP contribution in [-0.4, -0.2) is 44.3 Å². The molecular formula is C29H34BrN3O4S. The summed E-state index contributed by atoms with van der Waals surface area (Å²) in [5, 5.41) is 2.85. The molecule has 2 amide bonds. The maximum Gasteiger partial charge on any atom is 0.264 e. The number of benzene rings is 3. The molecule has 202 valence electrons. The summed E-state index contributed by atoms with van der Waals surface area (Å²) in [5.41, 5.74) is 2.86. The zero-order chi connectivity index (χ0) is 27.9. The summed E-state index contributed by atoms with van der Waals surface area (Å²) < 4.78 is 29.7. The minimum absolute atomic E-state index is 0.0893. The van der Waals surface area contributed by atoms with E-state index in [1.807, 2.05) is 44.2 Å². The zero-order valence-corrected chi connectivity index (χ0v) is 24.6. The van der Waals surface area contributed by atoms with Crippen molar-refractivity contribution in [2.75, 3.05) is 17.4 Å². The van der Waals surface area contributed by atoms with Gasteiger partial charge in [-0.1, -0.05) is 70.9 Å². The molecule has 0 saturated carbocycles. The Kier molecular flexibility index (Phi) is 10.1. The first kappa shape index (κ1) is 29.4. The lowest BCUT2D eigenvalue weighted by Gasteiger charge is -2.32.